The molecule has 152 valence electrons. The van der Waals surface area contributed by atoms with Crippen molar-refractivity contribution in [1.82, 2.24) is 15.5 Å². The summed E-state index contributed by atoms with van der Waals surface area (Å²) in [6.07, 6.45) is 0.837. The van der Waals surface area contributed by atoms with Gasteiger partial charge in [0.15, 0.2) is 0 Å². The zero-order valence-corrected chi connectivity index (χ0v) is 17.2. The molecule has 0 fully saturated rings. The summed E-state index contributed by atoms with van der Waals surface area (Å²) < 4.78 is 19.4. The van der Waals surface area contributed by atoms with E-state index in [1.807, 2.05) is 18.2 Å². The lowest BCUT2D eigenvalue weighted by Crippen LogP contribution is -2.25. The Labute approximate surface area is 179 Å². The number of benzene rings is 3. The minimum atomic E-state index is -0.361. The third kappa shape index (κ3) is 4.75. The maximum atomic E-state index is 13.4. The summed E-state index contributed by atoms with van der Waals surface area (Å²) in [7, 11) is 0. The number of rotatable bonds is 7. The van der Waals surface area contributed by atoms with Crippen LogP contribution < -0.4 is 5.32 Å². The standard InChI is InChI=1S/C24H21ClFN3O/c1-16-6-8-17(9-7-16)14-15-27-22(18-10-12-19(26)13-11-18)24-29-28-23(30-24)20-4-2-3-5-21(20)25/h2-13,22,27H,14-15H2,1H3/t22-/m0/s1. The highest BCUT2D eigenvalue weighted by molar-refractivity contribution is 6.33. The van der Waals surface area contributed by atoms with Crippen molar-refractivity contribution in [3.63, 3.8) is 0 Å². The van der Waals surface area contributed by atoms with Gasteiger partial charge in [0.05, 0.1) is 10.6 Å². The molecule has 0 bridgehead atoms. The first kappa shape index (κ1) is 20.3. The highest BCUT2D eigenvalue weighted by Gasteiger charge is 2.21. The van der Waals surface area contributed by atoms with Crippen LogP contribution in [0.1, 0.15) is 28.6 Å². The van der Waals surface area contributed by atoms with Crippen molar-refractivity contribution in [2.24, 2.45) is 0 Å². The fraction of sp³-hybridized carbons (Fsp3) is 0.167. The first-order valence-electron chi connectivity index (χ1n) is 9.73. The number of nitrogens with zero attached hydrogens (tertiary/aromatic N) is 2. The van der Waals surface area contributed by atoms with E-state index in [4.69, 9.17) is 16.0 Å². The minimum absolute atomic E-state index is 0.292. The first-order chi connectivity index (χ1) is 14.6. The quantitative estimate of drug-likeness (QED) is 0.412. The lowest BCUT2D eigenvalue weighted by atomic mass is 10.1. The van der Waals surface area contributed by atoms with Crippen LogP contribution in [0.2, 0.25) is 5.02 Å². The Morgan fingerprint density at radius 3 is 2.43 bits per heavy atom. The average molecular weight is 422 g/mol. The molecule has 30 heavy (non-hydrogen) atoms. The molecule has 0 amide bonds. The molecular weight excluding hydrogens is 401 g/mol. The average Bonchev–Trinajstić information content (AvgIpc) is 3.23. The molecule has 4 nitrogen and oxygen atoms in total. The predicted molar refractivity (Wildman–Crippen MR) is 116 cm³/mol. The smallest absolute Gasteiger partial charge is 0.249 e. The van der Waals surface area contributed by atoms with Gasteiger partial charge >= 0.3 is 0 Å². The Morgan fingerprint density at radius 1 is 0.967 bits per heavy atom. The van der Waals surface area contributed by atoms with Gasteiger partial charge in [-0.05, 0) is 48.7 Å². The molecular formula is C24H21ClFN3O. The van der Waals surface area contributed by atoms with Crippen LogP contribution in [-0.4, -0.2) is 16.7 Å². The van der Waals surface area contributed by atoms with E-state index >= 15 is 0 Å². The second-order valence-corrected chi connectivity index (χ2v) is 7.51. The topological polar surface area (TPSA) is 51.0 Å². The molecule has 0 spiro atoms. The van der Waals surface area contributed by atoms with E-state index in [1.54, 1.807) is 18.2 Å². The molecule has 4 rings (SSSR count). The van der Waals surface area contributed by atoms with E-state index < -0.39 is 0 Å². The predicted octanol–water partition coefficient (Wildman–Crippen LogP) is 5.76. The van der Waals surface area contributed by atoms with Crippen molar-refractivity contribution in [3.05, 3.63) is 106 Å². The molecule has 4 aromatic rings. The van der Waals surface area contributed by atoms with Gasteiger partial charge in [0, 0.05) is 6.54 Å². The van der Waals surface area contributed by atoms with Gasteiger partial charge in [-0.15, -0.1) is 10.2 Å². The number of hydrogen-bond donors (Lipinski definition) is 1. The summed E-state index contributed by atoms with van der Waals surface area (Å²) in [5.41, 5.74) is 3.98. The van der Waals surface area contributed by atoms with Crippen LogP contribution in [0.5, 0.6) is 0 Å². The lowest BCUT2D eigenvalue weighted by molar-refractivity contribution is 0.440. The van der Waals surface area contributed by atoms with Gasteiger partial charge in [-0.25, -0.2) is 4.39 Å². The SMILES string of the molecule is Cc1ccc(CCN[C@@H](c2ccc(F)cc2)c2nnc(-c3ccccc3Cl)o2)cc1. The summed E-state index contributed by atoms with van der Waals surface area (Å²) in [6, 6.07) is 21.7. The third-order valence-corrected chi connectivity index (χ3v) is 5.21. The van der Waals surface area contributed by atoms with Crippen LogP contribution in [0.15, 0.2) is 77.2 Å². The molecule has 1 heterocycles. The van der Waals surface area contributed by atoms with Gasteiger partial charge < -0.3 is 9.73 Å². The molecule has 1 aromatic heterocycles. The number of aromatic nitrogens is 2. The van der Waals surface area contributed by atoms with Crippen molar-refractivity contribution in [2.75, 3.05) is 6.54 Å². The van der Waals surface area contributed by atoms with Crippen LogP contribution in [0.4, 0.5) is 4.39 Å². The summed E-state index contributed by atoms with van der Waals surface area (Å²) in [5, 5.41) is 12.4. The van der Waals surface area contributed by atoms with Crippen LogP contribution in [-0.2, 0) is 6.42 Å². The van der Waals surface area contributed by atoms with Gasteiger partial charge in [-0.1, -0.05) is 65.7 Å². The largest absolute Gasteiger partial charge is 0.419 e. The molecule has 0 unspecified atom stereocenters. The number of aryl methyl sites for hydroxylation is 1. The Kier molecular flexibility index (Phi) is 6.21. The second kappa shape index (κ2) is 9.20. The molecule has 0 radical (unpaired) electrons. The monoisotopic (exact) mass is 421 g/mol. The van der Waals surface area contributed by atoms with Crippen molar-refractivity contribution >= 4 is 11.6 Å². The Morgan fingerprint density at radius 2 is 1.70 bits per heavy atom. The molecule has 0 saturated heterocycles. The molecule has 1 N–H and O–H groups in total. The van der Waals surface area contributed by atoms with Crippen molar-refractivity contribution < 1.29 is 8.81 Å². The molecule has 3 aromatic carbocycles. The minimum Gasteiger partial charge on any atom is -0.419 e. The van der Waals surface area contributed by atoms with Crippen molar-refractivity contribution in [2.45, 2.75) is 19.4 Å². The van der Waals surface area contributed by atoms with Crippen LogP contribution in [0.25, 0.3) is 11.5 Å². The number of hydrogen-bond acceptors (Lipinski definition) is 4. The molecule has 1 atom stereocenters. The highest BCUT2D eigenvalue weighted by atomic mass is 35.5. The van der Waals surface area contributed by atoms with Crippen LogP contribution in [0, 0.1) is 12.7 Å². The number of halogens is 2. The second-order valence-electron chi connectivity index (χ2n) is 7.10. The van der Waals surface area contributed by atoms with Gasteiger partial charge in [-0.2, -0.15) is 0 Å². The van der Waals surface area contributed by atoms with Gasteiger partial charge in [0.1, 0.15) is 11.9 Å². The van der Waals surface area contributed by atoms with E-state index in [2.05, 4.69) is 46.7 Å². The summed E-state index contributed by atoms with van der Waals surface area (Å²) in [4.78, 5) is 0. The maximum Gasteiger partial charge on any atom is 0.249 e. The van der Waals surface area contributed by atoms with Crippen molar-refractivity contribution in [3.8, 4) is 11.5 Å². The van der Waals surface area contributed by atoms with E-state index in [9.17, 15) is 4.39 Å². The summed E-state index contributed by atoms with van der Waals surface area (Å²) in [6.45, 7) is 2.76. The summed E-state index contributed by atoms with van der Waals surface area (Å²) >= 11 is 6.26. The van der Waals surface area contributed by atoms with E-state index in [0.717, 1.165) is 12.0 Å². The Hall–Kier alpha value is -3.02. The zero-order valence-electron chi connectivity index (χ0n) is 16.5. The van der Waals surface area contributed by atoms with Crippen molar-refractivity contribution in [1.29, 1.82) is 0 Å². The summed E-state index contributed by atoms with van der Waals surface area (Å²) in [5.74, 6) is 0.461. The Bertz CT molecular complexity index is 1110. The molecule has 0 aliphatic carbocycles. The molecule has 0 aliphatic rings. The van der Waals surface area contributed by atoms with E-state index in [0.29, 0.717) is 28.9 Å². The fourth-order valence-corrected chi connectivity index (χ4v) is 3.43. The van der Waals surface area contributed by atoms with Gasteiger partial charge in [0.2, 0.25) is 11.8 Å². The normalized spacial score (nSPS) is 12.1. The van der Waals surface area contributed by atoms with Crippen LogP contribution in [0.3, 0.4) is 0 Å². The molecule has 0 aliphatic heterocycles. The van der Waals surface area contributed by atoms with E-state index in [-0.39, 0.29) is 11.9 Å². The highest BCUT2D eigenvalue weighted by Crippen LogP contribution is 2.29. The number of nitrogens with one attached hydrogen (secondary N) is 1. The Balaban J connectivity index is 1.57. The third-order valence-electron chi connectivity index (χ3n) is 4.88. The lowest BCUT2D eigenvalue weighted by Gasteiger charge is -2.16. The van der Waals surface area contributed by atoms with Gasteiger partial charge in [-0.3, -0.25) is 0 Å². The molecule has 0 saturated carbocycles. The molecule has 6 heteroatoms. The zero-order chi connectivity index (χ0) is 20.9. The fourth-order valence-electron chi connectivity index (χ4n) is 3.21. The van der Waals surface area contributed by atoms with Gasteiger partial charge in [0.25, 0.3) is 0 Å². The first-order valence-corrected chi connectivity index (χ1v) is 10.1. The van der Waals surface area contributed by atoms with Crippen LogP contribution >= 0.6 is 11.6 Å². The maximum absolute atomic E-state index is 13.4. The van der Waals surface area contributed by atoms with E-state index in [1.165, 1.54) is 23.3 Å².